The number of benzene rings is 1. The molecule has 0 bridgehead atoms. The van der Waals surface area contributed by atoms with E-state index in [0.717, 1.165) is 32.7 Å². The van der Waals surface area contributed by atoms with Crippen LogP contribution in [0.3, 0.4) is 0 Å². The molecule has 3 rings (SSSR count). The van der Waals surface area contributed by atoms with Gasteiger partial charge in [-0.3, -0.25) is 9.80 Å². The van der Waals surface area contributed by atoms with Gasteiger partial charge in [0.25, 0.3) is 0 Å². The van der Waals surface area contributed by atoms with E-state index < -0.39 is 17.8 Å². The summed E-state index contributed by atoms with van der Waals surface area (Å²) >= 11 is 0. The lowest BCUT2D eigenvalue weighted by Gasteiger charge is -2.39. The van der Waals surface area contributed by atoms with Crippen LogP contribution in [-0.4, -0.2) is 79.6 Å². The minimum absolute atomic E-state index is 0.221. The minimum Gasteiger partial charge on any atom is -0.463 e. The van der Waals surface area contributed by atoms with Crippen LogP contribution in [-0.2, 0) is 9.53 Å². The summed E-state index contributed by atoms with van der Waals surface area (Å²) in [7, 11) is 1.65. The molecule has 1 aromatic rings. The summed E-state index contributed by atoms with van der Waals surface area (Å²) in [5.74, 6) is -0.910. The molecular formula is C21H29FN4O3. The van der Waals surface area contributed by atoms with Gasteiger partial charge in [-0.2, -0.15) is 0 Å². The largest absolute Gasteiger partial charge is 0.463 e. The number of hydrogen-bond acceptors (Lipinski definition) is 5. The van der Waals surface area contributed by atoms with Crippen LogP contribution in [0.1, 0.15) is 25.5 Å². The number of amides is 2. The summed E-state index contributed by atoms with van der Waals surface area (Å²) in [5.41, 5.74) is 1.48. The number of carbonyl (C=O) groups excluding carboxylic acids is 2. The Morgan fingerprint density at radius 3 is 2.52 bits per heavy atom. The highest BCUT2D eigenvalue weighted by Crippen LogP contribution is 2.31. The number of rotatable bonds is 6. The molecule has 0 unspecified atom stereocenters. The summed E-state index contributed by atoms with van der Waals surface area (Å²) in [6, 6.07) is 4.88. The fraction of sp³-hybridized carbons (Fsp3) is 0.524. The van der Waals surface area contributed by atoms with Crippen LogP contribution in [0, 0.1) is 5.82 Å². The van der Waals surface area contributed by atoms with Gasteiger partial charge in [0.15, 0.2) is 0 Å². The van der Waals surface area contributed by atoms with E-state index in [9.17, 15) is 14.0 Å². The van der Waals surface area contributed by atoms with Crippen LogP contribution in [0.5, 0.6) is 0 Å². The van der Waals surface area contributed by atoms with Crippen molar-refractivity contribution < 1.29 is 18.7 Å². The molecule has 8 heteroatoms. The maximum atomic E-state index is 13.8. The Bertz CT molecular complexity index is 790. The Balaban J connectivity index is 1.98. The number of carbonyl (C=O) groups is 2. The van der Waals surface area contributed by atoms with Crippen molar-refractivity contribution in [2.45, 2.75) is 19.9 Å². The van der Waals surface area contributed by atoms with Gasteiger partial charge in [0.05, 0.1) is 18.2 Å². The smallest absolute Gasteiger partial charge is 0.338 e. The number of piperazine rings is 1. The monoisotopic (exact) mass is 404 g/mol. The molecule has 2 aliphatic rings. The van der Waals surface area contributed by atoms with Crippen molar-refractivity contribution >= 4 is 12.0 Å². The highest BCUT2D eigenvalue weighted by atomic mass is 19.1. The second-order valence-electron chi connectivity index (χ2n) is 7.29. The van der Waals surface area contributed by atoms with Crippen LogP contribution < -0.4 is 5.32 Å². The molecule has 0 aromatic heterocycles. The Morgan fingerprint density at radius 2 is 1.90 bits per heavy atom. The van der Waals surface area contributed by atoms with Crippen molar-refractivity contribution in [1.82, 2.24) is 20.0 Å². The number of hydrogen-bond donors (Lipinski definition) is 1. The van der Waals surface area contributed by atoms with Crippen molar-refractivity contribution in [3.05, 3.63) is 46.9 Å². The predicted molar refractivity (Wildman–Crippen MR) is 108 cm³/mol. The molecule has 0 aliphatic carbocycles. The minimum atomic E-state index is -0.750. The average molecular weight is 404 g/mol. The fourth-order valence-electron chi connectivity index (χ4n) is 3.81. The molecule has 2 aliphatic heterocycles. The van der Waals surface area contributed by atoms with Gasteiger partial charge in [-0.1, -0.05) is 19.1 Å². The van der Waals surface area contributed by atoms with E-state index in [1.165, 1.54) is 17.0 Å². The molecule has 1 fully saturated rings. The van der Waals surface area contributed by atoms with Gasteiger partial charge < -0.3 is 15.0 Å². The summed E-state index contributed by atoms with van der Waals surface area (Å²) in [5, 5.41) is 2.82. The van der Waals surface area contributed by atoms with Crippen LogP contribution in [0.25, 0.3) is 0 Å². The third kappa shape index (κ3) is 4.76. The van der Waals surface area contributed by atoms with Crippen molar-refractivity contribution in [2.75, 3.05) is 52.9 Å². The summed E-state index contributed by atoms with van der Waals surface area (Å²) in [6.45, 7) is 9.17. The zero-order valence-electron chi connectivity index (χ0n) is 17.3. The molecule has 7 nitrogen and oxygen atoms in total. The third-order valence-corrected chi connectivity index (χ3v) is 5.54. The number of nitrogens with one attached hydrogen (secondary N) is 1. The van der Waals surface area contributed by atoms with E-state index >= 15 is 0 Å². The molecular weight excluding hydrogens is 375 g/mol. The second kappa shape index (κ2) is 9.37. The zero-order chi connectivity index (χ0) is 21.0. The van der Waals surface area contributed by atoms with Crippen molar-refractivity contribution in [2.24, 2.45) is 0 Å². The van der Waals surface area contributed by atoms with Crippen LogP contribution in [0.4, 0.5) is 9.18 Å². The Morgan fingerprint density at radius 1 is 1.21 bits per heavy atom. The van der Waals surface area contributed by atoms with E-state index in [0.29, 0.717) is 23.4 Å². The fourth-order valence-corrected chi connectivity index (χ4v) is 3.81. The average Bonchev–Trinajstić information content (AvgIpc) is 2.72. The van der Waals surface area contributed by atoms with E-state index in [2.05, 4.69) is 22.0 Å². The summed E-state index contributed by atoms with van der Waals surface area (Å²) in [4.78, 5) is 31.6. The van der Waals surface area contributed by atoms with Gasteiger partial charge in [-0.25, -0.2) is 14.0 Å². The number of halogens is 1. The van der Waals surface area contributed by atoms with Gasteiger partial charge >= 0.3 is 12.0 Å². The van der Waals surface area contributed by atoms with E-state index in [1.807, 2.05) is 0 Å². The quantitative estimate of drug-likeness (QED) is 0.735. The zero-order valence-corrected chi connectivity index (χ0v) is 17.3. The maximum Gasteiger partial charge on any atom is 0.338 e. The molecule has 1 N–H and O–H groups in total. The first kappa shape index (κ1) is 21.3. The molecule has 1 aromatic carbocycles. The standard InChI is InChI=1S/C21H29FN4O3/c1-4-25-9-11-26(12-10-25)14-17-18(20(27)29-5-2)19(23-21(28)24(17)3)15-7-6-8-16(22)13-15/h6-8,13,19H,4-5,9-12,14H2,1-3H3,(H,23,28)/t19-/m1/s1. The Kier molecular flexibility index (Phi) is 6.87. The van der Waals surface area contributed by atoms with Crippen LogP contribution in [0.2, 0.25) is 0 Å². The number of ether oxygens (including phenoxy) is 1. The van der Waals surface area contributed by atoms with E-state index in [4.69, 9.17) is 4.74 Å². The molecule has 0 saturated carbocycles. The molecule has 0 spiro atoms. The van der Waals surface area contributed by atoms with Crippen molar-refractivity contribution in [3.63, 3.8) is 0 Å². The molecule has 158 valence electrons. The molecule has 2 amide bonds. The number of esters is 1. The molecule has 2 heterocycles. The summed E-state index contributed by atoms with van der Waals surface area (Å²) in [6.07, 6.45) is 0. The lowest BCUT2D eigenvalue weighted by molar-refractivity contribution is -0.139. The topological polar surface area (TPSA) is 65.1 Å². The second-order valence-corrected chi connectivity index (χ2v) is 7.29. The van der Waals surface area contributed by atoms with E-state index in [1.54, 1.807) is 26.1 Å². The first-order valence-corrected chi connectivity index (χ1v) is 10.1. The Labute approximate surface area is 171 Å². The lowest BCUT2D eigenvalue weighted by atomic mass is 9.94. The Hall–Kier alpha value is -2.45. The molecule has 0 radical (unpaired) electrons. The first-order valence-electron chi connectivity index (χ1n) is 10.1. The highest BCUT2D eigenvalue weighted by Gasteiger charge is 2.37. The number of likely N-dealkylation sites (N-methyl/N-ethyl adjacent to an activating group) is 2. The molecule has 29 heavy (non-hydrogen) atoms. The van der Waals surface area contributed by atoms with Crippen molar-refractivity contribution in [1.29, 1.82) is 0 Å². The lowest BCUT2D eigenvalue weighted by Crippen LogP contribution is -2.52. The van der Waals surface area contributed by atoms with Crippen molar-refractivity contribution in [3.8, 4) is 0 Å². The maximum absolute atomic E-state index is 13.8. The van der Waals surface area contributed by atoms with Gasteiger partial charge in [-0.15, -0.1) is 0 Å². The van der Waals surface area contributed by atoms with Gasteiger partial charge in [0, 0.05) is 45.5 Å². The van der Waals surface area contributed by atoms with Crippen LogP contribution in [0.15, 0.2) is 35.5 Å². The normalized spacial score (nSPS) is 21.3. The van der Waals surface area contributed by atoms with E-state index in [-0.39, 0.29) is 12.6 Å². The molecule has 1 saturated heterocycles. The van der Waals surface area contributed by atoms with Crippen LogP contribution >= 0.6 is 0 Å². The molecule has 1 atom stereocenters. The number of nitrogens with zero attached hydrogens (tertiary/aromatic N) is 3. The van der Waals surface area contributed by atoms with Gasteiger partial charge in [-0.05, 0) is 31.2 Å². The third-order valence-electron chi connectivity index (χ3n) is 5.54. The van der Waals surface area contributed by atoms with Gasteiger partial charge in [0.2, 0.25) is 0 Å². The first-order chi connectivity index (χ1) is 13.9. The van der Waals surface area contributed by atoms with Gasteiger partial charge in [0.1, 0.15) is 5.82 Å². The highest BCUT2D eigenvalue weighted by molar-refractivity contribution is 5.95. The number of urea groups is 1. The predicted octanol–water partition coefficient (Wildman–Crippen LogP) is 1.98. The summed E-state index contributed by atoms with van der Waals surface area (Å²) < 4.78 is 19.1. The SMILES string of the molecule is CCOC(=O)C1=C(CN2CCN(CC)CC2)N(C)C(=O)N[C@@H]1c1cccc(F)c1.